The summed E-state index contributed by atoms with van der Waals surface area (Å²) in [7, 11) is 1.96. The topological polar surface area (TPSA) is 87.3 Å². The molecule has 1 rings (SSSR count). The highest BCUT2D eigenvalue weighted by atomic mass is 16.2. The first-order chi connectivity index (χ1) is 7.77. The van der Waals surface area contributed by atoms with E-state index in [1.807, 2.05) is 11.9 Å². The number of unbranched alkanes of at least 4 members (excludes halogenated alkanes) is 2. The summed E-state index contributed by atoms with van der Waals surface area (Å²) in [5, 5.41) is 8.66. The lowest BCUT2D eigenvalue weighted by Gasteiger charge is -2.17. The van der Waals surface area contributed by atoms with Crippen LogP contribution >= 0.6 is 0 Å². The predicted molar refractivity (Wildman–Crippen MR) is 64.0 cm³/mol. The van der Waals surface area contributed by atoms with Crippen LogP contribution < -0.4 is 16.2 Å². The molecule has 1 aromatic heterocycles. The van der Waals surface area contributed by atoms with Crippen LogP contribution in [0.25, 0.3) is 0 Å². The Balaban J connectivity index is 2.42. The van der Waals surface area contributed by atoms with Crippen LogP contribution in [0.5, 0.6) is 0 Å². The van der Waals surface area contributed by atoms with Gasteiger partial charge in [0.15, 0.2) is 5.82 Å². The zero-order valence-electron chi connectivity index (χ0n) is 9.56. The molecule has 0 aromatic carbocycles. The Bertz CT molecular complexity index is 307. The van der Waals surface area contributed by atoms with Gasteiger partial charge in [-0.15, -0.1) is 0 Å². The number of aliphatic hydroxyl groups is 1. The lowest BCUT2D eigenvalue weighted by atomic mass is 10.2. The Kier molecular flexibility index (Phi) is 5.52. The molecule has 0 fully saturated rings. The van der Waals surface area contributed by atoms with E-state index in [1.165, 1.54) is 0 Å². The van der Waals surface area contributed by atoms with Crippen LogP contribution in [0.4, 0.5) is 11.6 Å². The van der Waals surface area contributed by atoms with Crippen LogP contribution in [0.2, 0.25) is 0 Å². The summed E-state index contributed by atoms with van der Waals surface area (Å²) in [6.07, 6.45) is 6.17. The normalized spacial score (nSPS) is 10.2. The Morgan fingerprint density at radius 1 is 1.38 bits per heavy atom. The van der Waals surface area contributed by atoms with Crippen molar-refractivity contribution in [3.63, 3.8) is 0 Å². The van der Waals surface area contributed by atoms with Gasteiger partial charge in [-0.25, -0.2) is 10.8 Å². The number of hydrazine groups is 1. The van der Waals surface area contributed by atoms with E-state index in [1.54, 1.807) is 12.4 Å². The second-order valence-electron chi connectivity index (χ2n) is 3.61. The van der Waals surface area contributed by atoms with Crippen molar-refractivity contribution in [1.29, 1.82) is 0 Å². The van der Waals surface area contributed by atoms with Crippen molar-refractivity contribution < 1.29 is 5.11 Å². The van der Waals surface area contributed by atoms with Gasteiger partial charge >= 0.3 is 0 Å². The predicted octanol–water partition coefficient (Wildman–Crippen LogP) is 0.361. The Morgan fingerprint density at radius 2 is 2.19 bits per heavy atom. The molecule has 6 heteroatoms. The van der Waals surface area contributed by atoms with Gasteiger partial charge in [-0.2, -0.15) is 0 Å². The molecular formula is C10H19N5O. The summed E-state index contributed by atoms with van der Waals surface area (Å²) >= 11 is 0. The third-order valence-corrected chi connectivity index (χ3v) is 2.31. The molecule has 0 atom stereocenters. The molecule has 0 saturated heterocycles. The molecule has 90 valence electrons. The monoisotopic (exact) mass is 225 g/mol. The third-order valence-electron chi connectivity index (χ3n) is 2.31. The number of nitrogens with two attached hydrogens (primary N) is 1. The van der Waals surface area contributed by atoms with Gasteiger partial charge < -0.3 is 15.4 Å². The van der Waals surface area contributed by atoms with Gasteiger partial charge in [0.2, 0.25) is 0 Å². The zero-order chi connectivity index (χ0) is 11.8. The van der Waals surface area contributed by atoms with Gasteiger partial charge in [0, 0.05) is 20.2 Å². The first-order valence-electron chi connectivity index (χ1n) is 5.38. The number of aliphatic hydroxyl groups excluding tert-OH is 1. The molecular weight excluding hydrogens is 206 g/mol. The molecule has 4 N–H and O–H groups in total. The molecule has 16 heavy (non-hydrogen) atoms. The Morgan fingerprint density at radius 3 is 2.88 bits per heavy atom. The van der Waals surface area contributed by atoms with E-state index >= 15 is 0 Å². The second-order valence-corrected chi connectivity index (χ2v) is 3.61. The van der Waals surface area contributed by atoms with Crippen molar-refractivity contribution in [2.75, 3.05) is 30.5 Å². The molecule has 0 unspecified atom stereocenters. The van der Waals surface area contributed by atoms with Crippen LogP contribution in [0.3, 0.4) is 0 Å². The molecule has 6 nitrogen and oxygen atoms in total. The van der Waals surface area contributed by atoms with Crippen LogP contribution in [-0.4, -0.2) is 35.3 Å². The molecule has 0 amide bonds. The van der Waals surface area contributed by atoms with E-state index in [0.717, 1.165) is 31.6 Å². The molecule has 0 aliphatic carbocycles. The molecule has 0 bridgehead atoms. The summed E-state index contributed by atoms with van der Waals surface area (Å²) in [4.78, 5) is 10.3. The number of nitrogen functional groups attached to an aromatic ring is 1. The van der Waals surface area contributed by atoms with E-state index in [2.05, 4.69) is 15.4 Å². The van der Waals surface area contributed by atoms with Gasteiger partial charge in [0.1, 0.15) is 5.82 Å². The number of aromatic nitrogens is 2. The highest BCUT2D eigenvalue weighted by molar-refractivity contribution is 5.42. The summed E-state index contributed by atoms with van der Waals surface area (Å²) in [5.41, 5.74) is 2.47. The lowest BCUT2D eigenvalue weighted by Crippen LogP contribution is -2.21. The first-order valence-corrected chi connectivity index (χ1v) is 5.38. The minimum absolute atomic E-state index is 0.260. The number of hydrogen-bond donors (Lipinski definition) is 3. The van der Waals surface area contributed by atoms with Crippen molar-refractivity contribution >= 4 is 11.6 Å². The van der Waals surface area contributed by atoms with Gasteiger partial charge in [-0.05, 0) is 19.3 Å². The first kappa shape index (κ1) is 12.7. The number of hydrogen-bond acceptors (Lipinski definition) is 6. The number of nitrogens with one attached hydrogen (secondary N) is 1. The van der Waals surface area contributed by atoms with E-state index < -0.39 is 0 Å². The van der Waals surface area contributed by atoms with Crippen LogP contribution in [0, 0.1) is 0 Å². The van der Waals surface area contributed by atoms with Gasteiger partial charge in [-0.1, -0.05) is 0 Å². The Labute approximate surface area is 95.5 Å². The van der Waals surface area contributed by atoms with E-state index in [4.69, 9.17) is 10.9 Å². The summed E-state index contributed by atoms with van der Waals surface area (Å²) in [5.74, 6) is 6.61. The summed E-state index contributed by atoms with van der Waals surface area (Å²) < 4.78 is 0. The fraction of sp³-hybridized carbons (Fsp3) is 0.600. The van der Waals surface area contributed by atoms with Crippen LogP contribution in [0.1, 0.15) is 19.3 Å². The van der Waals surface area contributed by atoms with Gasteiger partial charge in [-0.3, -0.25) is 4.98 Å². The zero-order valence-corrected chi connectivity index (χ0v) is 9.56. The summed E-state index contributed by atoms with van der Waals surface area (Å²) in [6.45, 7) is 1.15. The maximum atomic E-state index is 8.66. The molecule has 0 radical (unpaired) electrons. The Hall–Kier alpha value is -1.40. The summed E-state index contributed by atoms with van der Waals surface area (Å²) in [6, 6.07) is 0. The van der Waals surface area contributed by atoms with Gasteiger partial charge in [0.05, 0.1) is 12.4 Å². The van der Waals surface area contributed by atoms with Crippen molar-refractivity contribution in [3.05, 3.63) is 12.4 Å². The quantitative estimate of drug-likeness (QED) is 0.353. The average molecular weight is 225 g/mol. The van der Waals surface area contributed by atoms with Crippen molar-refractivity contribution in [1.82, 2.24) is 9.97 Å². The number of anilines is 2. The number of nitrogens with zero attached hydrogens (tertiary/aromatic N) is 3. The van der Waals surface area contributed by atoms with Crippen LogP contribution in [-0.2, 0) is 0 Å². The van der Waals surface area contributed by atoms with Crippen molar-refractivity contribution in [2.45, 2.75) is 19.3 Å². The maximum Gasteiger partial charge on any atom is 0.160 e. The fourth-order valence-corrected chi connectivity index (χ4v) is 1.36. The molecule has 1 heterocycles. The van der Waals surface area contributed by atoms with Gasteiger partial charge in [0.25, 0.3) is 0 Å². The van der Waals surface area contributed by atoms with Crippen molar-refractivity contribution in [3.8, 4) is 0 Å². The van der Waals surface area contributed by atoms with E-state index in [0.29, 0.717) is 5.82 Å². The third kappa shape index (κ3) is 4.00. The largest absolute Gasteiger partial charge is 0.396 e. The smallest absolute Gasteiger partial charge is 0.160 e. The second kappa shape index (κ2) is 6.97. The number of rotatable bonds is 7. The highest BCUT2D eigenvalue weighted by Crippen LogP contribution is 2.10. The SMILES string of the molecule is CN(CCCCCO)c1cncc(NN)n1. The molecule has 1 aromatic rings. The standard InChI is InChI=1S/C10H19N5O/c1-15(5-3-2-4-6-16)10-8-12-7-9(13-10)14-11/h7-8,16H,2-6,11H2,1H3,(H,13,14). The minimum atomic E-state index is 0.260. The average Bonchev–Trinajstić information content (AvgIpc) is 2.34. The molecule has 0 aliphatic heterocycles. The molecule has 0 aliphatic rings. The fourth-order valence-electron chi connectivity index (χ4n) is 1.36. The van der Waals surface area contributed by atoms with E-state index in [-0.39, 0.29) is 6.61 Å². The van der Waals surface area contributed by atoms with Crippen LogP contribution in [0.15, 0.2) is 12.4 Å². The maximum absolute atomic E-state index is 8.66. The highest BCUT2D eigenvalue weighted by Gasteiger charge is 2.03. The van der Waals surface area contributed by atoms with Crippen molar-refractivity contribution in [2.24, 2.45) is 5.84 Å². The molecule has 0 spiro atoms. The minimum Gasteiger partial charge on any atom is -0.396 e. The van der Waals surface area contributed by atoms with E-state index in [9.17, 15) is 0 Å². The molecule has 0 saturated carbocycles. The lowest BCUT2D eigenvalue weighted by molar-refractivity contribution is 0.283.